The number of nitrogens with one attached hydrogen (secondary N) is 4. The molecule has 0 radical (unpaired) electrons. The molecule has 4 N–H and O–H groups in total. The number of piperidine rings is 1. The lowest BCUT2D eigenvalue weighted by Gasteiger charge is -2.40. The van der Waals surface area contributed by atoms with E-state index in [4.69, 9.17) is 9.72 Å². The summed E-state index contributed by atoms with van der Waals surface area (Å²) >= 11 is 1.65. The van der Waals surface area contributed by atoms with Crippen LogP contribution < -0.4 is 21.5 Å². The van der Waals surface area contributed by atoms with Gasteiger partial charge in [0.2, 0.25) is 5.91 Å². The van der Waals surface area contributed by atoms with Crippen molar-refractivity contribution in [2.45, 2.75) is 88.0 Å². The molecule has 5 heterocycles. The Bertz CT molecular complexity index is 1150. The van der Waals surface area contributed by atoms with E-state index in [1.807, 2.05) is 12.3 Å². The Morgan fingerprint density at radius 1 is 1.19 bits per heavy atom. The highest BCUT2D eigenvalue weighted by Gasteiger charge is 2.44. The number of thioether (sulfide) groups is 1. The average molecular weight is 528 g/mol. The fourth-order valence-electron chi connectivity index (χ4n) is 5.98. The zero-order chi connectivity index (χ0) is 26.1. The van der Waals surface area contributed by atoms with Crippen LogP contribution in [0, 0.1) is 0 Å². The van der Waals surface area contributed by atoms with Gasteiger partial charge in [0.05, 0.1) is 29.6 Å². The smallest absolute Gasteiger partial charge is 0.339 e. The Balaban J connectivity index is 1.41. The predicted molar refractivity (Wildman–Crippen MR) is 147 cm³/mol. The van der Waals surface area contributed by atoms with Crippen LogP contribution in [0.2, 0.25) is 0 Å². The molecule has 3 aliphatic rings. The van der Waals surface area contributed by atoms with Crippen molar-refractivity contribution < 1.29 is 14.3 Å². The Morgan fingerprint density at radius 3 is 2.57 bits per heavy atom. The van der Waals surface area contributed by atoms with E-state index in [9.17, 15) is 9.59 Å². The number of fused-ring (bicyclic) bond motifs is 3. The van der Waals surface area contributed by atoms with Crippen molar-refractivity contribution in [1.29, 1.82) is 0 Å². The van der Waals surface area contributed by atoms with Gasteiger partial charge in [0.15, 0.2) is 0 Å². The highest BCUT2D eigenvalue weighted by atomic mass is 32.2. The SMILES string of the molecule is CCC(SC)C(=O)N1[C@@H]2CC[C@H]1CC(Nc1nc(NC3CC(C)NN3)cc3ncc(C(=O)OC)cc13)C2. The standard InChI is InChI=1S/C26H37N7O3S/c1-5-21(37-4)25(34)33-17-6-7-18(33)11-16(10-17)28-24-19-9-15(26(35)36-3)13-27-20(19)12-22(30-24)29-23-8-14(2)31-32-23/h9,12-14,16-18,21,23,31-32H,5-8,10-11H2,1-4H3,(H2,28,29,30)/t14?,16?,17-,18+,21?,23?. The number of carbonyl (C=O) groups excluding carboxylic acids is 2. The zero-order valence-electron chi connectivity index (χ0n) is 21.9. The molecule has 200 valence electrons. The molecule has 5 rings (SSSR count). The Hall–Kier alpha value is -2.63. The van der Waals surface area contributed by atoms with Gasteiger partial charge in [-0.1, -0.05) is 6.92 Å². The quantitative estimate of drug-likeness (QED) is 0.381. The maximum absolute atomic E-state index is 13.2. The molecule has 3 aliphatic heterocycles. The number of anilines is 2. The van der Waals surface area contributed by atoms with Gasteiger partial charge < -0.3 is 20.3 Å². The summed E-state index contributed by atoms with van der Waals surface area (Å²) in [4.78, 5) is 37.1. The van der Waals surface area contributed by atoms with E-state index in [0.29, 0.717) is 23.2 Å². The molecule has 0 saturated carbocycles. The van der Waals surface area contributed by atoms with Crippen molar-refractivity contribution in [2.24, 2.45) is 0 Å². The molecular weight excluding hydrogens is 490 g/mol. The highest BCUT2D eigenvalue weighted by Crippen LogP contribution is 2.39. The summed E-state index contributed by atoms with van der Waals surface area (Å²) in [6.07, 6.45) is 9.23. The number of ether oxygens (including phenoxy) is 1. The van der Waals surface area contributed by atoms with Crippen LogP contribution in [0.5, 0.6) is 0 Å². The van der Waals surface area contributed by atoms with Gasteiger partial charge in [0, 0.05) is 41.8 Å². The molecule has 3 fully saturated rings. The van der Waals surface area contributed by atoms with Crippen LogP contribution in [0.1, 0.15) is 62.7 Å². The van der Waals surface area contributed by atoms with Crippen LogP contribution in [0.15, 0.2) is 18.3 Å². The van der Waals surface area contributed by atoms with E-state index >= 15 is 0 Å². The topological polar surface area (TPSA) is 121 Å². The van der Waals surface area contributed by atoms with Crippen LogP contribution >= 0.6 is 11.8 Å². The minimum atomic E-state index is -0.429. The van der Waals surface area contributed by atoms with Gasteiger partial charge >= 0.3 is 5.97 Å². The predicted octanol–water partition coefficient (Wildman–Crippen LogP) is 3.12. The Kier molecular flexibility index (Phi) is 7.73. The first-order valence-corrected chi connectivity index (χ1v) is 14.5. The third kappa shape index (κ3) is 5.35. The van der Waals surface area contributed by atoms with Gasteiger partial charge in [-0.05, 0) is 57.8 Å². The number of methoxy groups -OCH3 is 1. The van der Waals surface area contributed by atoms with Gasteiger partial charge in [-0.15, -0.1) is 0 Å². The summed E-state index contributed by atoms with van der Waals surface area (Å²) in [5.74, 6) is 1.26. The van der Waals surface area contributed by atoms with Crippen LogP contribution in [0.25, 0.3) is 10.9 Å². The van der Waals surface area contributed by atoms with Crippen LogP contribution in [0.4, 0.5) is 11.6 Å². The van der Waals surface area contributed by atoms with E-state index in [0.717, 1.165) is 49.4 Å². The third-order valence-electron chi connectivity index (χ3n) is 7.77. The second-order valence-corrected chi connectivity index (χ2v) is 11.4. The van der Waals surface area contributed by atoms with Crippen molar-refractivity contribution in [1.82, 2.24) is 25.7 Å². The van der Waals surface area contributed by atoms with Crippen LogP contribution in [-0.4, -0.2) is 75.7 Å². The fourth-order valence-corrected chi connectivity index (χ4v) is 6.64. The van der Waals surface area contributed by atoms with Crippen molar-refractivity contribution in [3.05, 3.63) is 23.9 Å². The number of hydrogen-bond acceptors (Lipinski definition) is 10. The number of hydrazine groups is 1. The number of aromatic nitrogens is 2. The molecule has 2 aromatic heterocycles. The lowest BCUT2D eigenvalue weighted by Crippen LogP contribution is -2.52. The summed E-state index contributed by atoms with van der Waals surface area (Å²) in [6, 6.07) is 4.73. The largest absolute Gasteiger partial charge is 0.465 e. The fraction of sp³-hybridized carbons (Fsp3) is 0.615. The van der Waals surface area contributed by atoms with E-state index in [2.05, 4.69) is 45.2 Å². The molecule has 1 amide bonds. The molecule has 11 heteroatoms. The van der Waals surface area contributed by atoms with E-state index in [-0.39, 0.29) is 35.4 Å². The summed E-state index contributed by atoms with van der Waals surface area (Å²) < 4.78 is 4.92. The maximum Gasteiger partial charge on any atom is 0.339 e. The van der Waals surface area contributed by atoms with Gasteiger partial charge in [-0.3, -0.25) is 15.2 Å². The second-order valence-electron chi connectivity index (χ2n) is 10.3. The molecule has 6 atom stereocenters. The minimum absolute atomic E-state index is 0.0326. The number of carbonyl (C=O) groups is 2. The molecule has 0 aromatic carbocycles. The summed E-state index contributed by atoms with van der Waals surface area (Å²) in [7, 11) is 1.37. The number of hydrogen-bond donors (Lipinski definition) is 4. The molecule has 2 bridgehead atoms. The summed E-state index contributed by atoms with van der Waals surface area (Å²) in [6.45, 7) is 4.21. The van der Waals surface area contributed by atoms with Crippen molar-refractivity contribution in [3.8, 4) is 0 Å². The normalized spacial score (nSPS) is 27.8. The maximum atomic E-state index is 13.2. The van der Waals surface area contributed by atoms with Crippen LogP contribution in [0.3, 0.4) is 0 Å². The Labute approximate surface area is 222 Å². The van der Waals surface area contributed by atoms with Gasteiger partial charge in [0.25, 0.3) is 0 Å². The molecule has 10 nitrogen and oxygen atoms in total. The minimum Gasteiger partial charge on any atom is -0.465 e. The molecule has 0 aliphatic carbocycles. The van der Waals surface area contributed by atoms with E-state index in [1.165, 1.54) is 7.11 Å². The summed E-state index contributed by atoms with van der Waals surface area (Å²) in [5.41, 5.74) is 7.60. The van der Waals surface area contributed by atoms with Gasteiger partial charge in [-0.25, -0.2) is 15.2 Å². The Morgan fingerprint density at radius 2 is 1.95 bits per heavy atom. The molecule has 0 spiro atoms. The molecule has 3 saturated heterocycles. The van der Waals surface area contributed by atoms with Crippen molar-refractivity contribution >= 4 is 46.2 Å². The monoisotopic (exact) mass is 527 g/mol. The van der Waals surface area contributed by atoms with Crippen molar-refractivity contribution in [3.63, 3.8) is 0 Å². The number of pyridine rings is 2. The van der Waals surface area contributed by atoms with Gasteiger partial charge in [-0.2, -0.15) is 11.8 Å². The number of rotatable bonds is 8. The third-order valence-corrected chi connectivity index (χ3v) is 8.88. The first-order valence-electron chi connectivity index (χ1n) is 13.2. The zero-order valence-corrected chi connectivity index (χ0v) is 22.7. The highest BCUT2D eigenvalue weighted by molar-refractivity contribution is 7.99. The van der Waals surface area contributed by atoms with Crippen LogP contribution in [-0.2, 0) is 9.53 Å². The lowest BCUT2D eigenvalue weighted by atomic mass is 9.96. The van der Waals surface area contributed by atoms with E-state index in [1.54, 1.807) is 24.0 Å². The van der Waals surface area contributed by atoms with Crippen molar-refractivity contribution in [2.75, 3.05) is 24.0 Å². The molecular formula is C26H37N7O3S. The summed E-state index contributed by atoms with van der Waals surface area (Å²) in [5, 5.41) is 7.94. The molecule has 4 unspecified atom stereocenters. The van der Waals surface area contributed by atoms with Gasteiger partial charge in [0.1, 0.15) is 11.6 Å². The first kappa shape index (κ1) is 26.0. The lowest BCUT2D eigenvalue weighted by molar-refractivity contribution is -0.135. The number of nitrogens with zero attached hydrogens (tertiary/aromatic N) is 3. The molecule has 2 aromatic rings. The molecule has 37 heavy (non-hydrogen) atoms. The number of amides is 1. The second kappa shape index (κ2) is 11.0. The van der Waals surface area contributed by atoms with E-state index < -0.39 is 5.97 Å². The first-order chi connectivity index (χ1) is 17.9. The average Bonchev–Trinajstić information content (AvgIpc) is 3.42. The number of esters is 1.